The predicted octanol–water partition coefficient (Wildman–Crippen LogP) is 5.53. The number of aromatic nitrogens is 2. The summed E-state index contributed by atoms with van der Waals surface area (Å²) in [5.41, 5.74) is 0.889. The zero-order chi connectivity index (χ0) is 20.2. The van der Waals surface area contributed by atoms with Crippen LogP contribution in [0.2, 0.25) is 0 Å². The summed E-state index contributed by atoms with van der Waals surface area (Å²) in [6.07, 6.45) is 0. The maximum atomic E-state index is 14.1. The van der Waals surface area contributed by atoms with Crippen LogP contribution in [-0.2, 0) is 0 Å². The van der Waals surface area contributed by atoms with E-state index in [1.165, 1.54) is 36.4 Å². The number of amides is 1. The summed E-state index contributed by atoms with van der Waals surface area (Å²) in [6.45, 7) is 0. The summed E-state index contributed by atoms with van der Waals surface area (Å²) in [7, 11) is 0. The zero-order valence-corrected chi connectivity index (χ0v) is 15.6. The predicted molar refractivity (Wildman–Crippen MR) is 106 cm³/mol. The second kappa shape index (κ2) is 8.15. The maximum absolute atomic E-state index is 14.1. The molecule has 144 valence electrons. The monoisotopic (exact) mass is 409 g/mol. The lowest BCUT2D eigenvalue weighted by atomic mass is 10.2. The number of ether oxygens (including phenoxy) is 1. The van der Waals surface area contributed by atoms with Crippen molar-refractivity contribution in [2.45, 2.75) is 0 Å². The molecule has 1 aromatic heterocycles. The fourth-order valence-corrected chi connectivity index (χ4v) is 3.23. The van der Waals surface area contributed by atoms with Gasteiger partial charge >= 0.3 is 0 Å². The van der Waals surface area contributed by atoms with Gasteiger partial charge in [0, 0.05) is 11.1 Å². The van der Waals surface area contributed by atoms with Crippen molar-refractivity contribution in [3.8, 4) is 22.1 Å². The van der Waals surface area contributed by atoms with Crippen molar-refractivity contribution >= 4 is 22.4 Å². The van der Waals surface area contributed by atoms with Gasteiger partial charge in [-0.15, -0.1) is 10.2 Å². The Morgan fingerprint density at radius 1 is 0.931 bits per heavy atom. The summed E-state index contributed by atoms with van der Waals surface area (Å²) in [5.74, 6) is -0.801. The first-order valence-electron chi connectivity index (χ1n) is 8.52. The van der Waals surface area contributed by atoms with E-state index in [0.717, 1.165) is 11.3 Å². The Labute approximate surface area is 168 Å². The van der Waals surface area contributed by atoms with Gasteiger partial charge in [-0.2, -0.15) is 0 Å². The molecule has 1 heterocycles. The molecule has 0 saturated heterocycles. The Bertz CT molecular complexity index is 1150. The second-order valence-corrected chi connectivity index (χ2v) is 6.91. The topological polar surface area (TPSA) is 64.1 Å². The van der Waals surface area contributed by atoms with Crippen LogP contribution in [0.4, 0.5) is 13.9 Å². The van der Waals surface area contributed by atoms with Crippen LogP contribution in [0, 0.1) is 11.6 Å². The molecule has 0 fully saturated rings. The number of carbonyl (C=O) groups is 1. The van der Waals surface area contributed by atoms with Gasteiger partial charge in [-0.3, -0.25) is 10.1 Å². The van der Waals surface area contributed by atoms with Gasteiger partial charge in [0.05, 0.1) is 0 Å². The number of benzene rings is 3. The summed E-state index contributed by atoms with van der Waals surface area (Å²) in [4.78, 5) is 12.2. The van der Waals surface area contributed by atoms with E-state index in [9.17, 15) is 13.6 Å². The molecule has 1 N–H and O–H groups in total. The summed E-state index contributed by atoms with van der Waals surface area (Å²) >= 11 is 1.13. The van der Waals surface area contributed by atoms with Gasteiger partial charge in [0.15, 0.2) is 11.6 Å². The first-order chi connectivity index (χ1) is 14.1. The number of halogens is 2. The molecule has 4 rings (SSSR count). The van der Waals surface area contributed by atoms with Gasteiger partial charge in [0.25, 0.3) is 5.91 Å². The smallest absolute Gasteiger partial charge is 0.257 e. The van der Waals surface area contributed by atoms with Gasteiger partial charge in [-0.05, 0) is 54.6 Å². The van der Waals surface area contributed by atoms with Gasteiger partial charge in [0.2, 0.25) is 5.13 Å². The third kappa shape index (κ3) is 4.44. The van der Waals surface area contributed by atoms with E-state index >= 15 is 0 Å². The number of para-hydroxylation sites is 1. The molecule has 0 bridgehead atoms. The second-order valence-electron chi connectivity index (χ2n) is 5.93. The number of hydrogen-bond donors (Lipinski definition) is 1. The van der Waals surface area contributed by atoms with Gasteiger partial charge < -0.3 is 4.74 Å². The highest BCUT2D eigenvalue weighted by Crippen LogP contribution is 2.32. The molecule has 5 nitrogen and oxygen atoms in total. The molecule has 0 atom stereocenters. The van der Waals surface area contributed by atoms with E-state index in [-0.39, 0.29) is 10.9 Å². The average Bonchev–Trinajstić information content (AvgIpc) is 3.19. The summed E-state index contributed by atoms with van der Waals surface area (Å²) in [5, 5.41) is 11.3. The molecule has 0 radical (unpaired) electrons. The van der Waals surface area contributed by atoms with E-state index in [0.29, 0.717) is 21.9 Å². The molecular formula is C21H13F2N3O2S. The lowest BCUT2D eigenvalue weighted by Gasteiger charge is -2.07. The number of anilines is 1. The normalized spacial score (nSPS) is 10.6. The number of nitrogens with zero attached hydrogens (tertiary/aromatic N) is 2. The number of nitrogens with one attached hydrogen (secondary N) is 1. The zero-order valence-electron chi connectivity index (χ0n) is 14.8. The van der Waals surface area contributed by atoms with Crippen molar-refractivity contribution in [3.05, 3.63) is 90.0 Å². The van der Waals surface area contributed by atoms with Crippen LogP contribution < -0.4 is 10.1 Å². The largest absolute Gasteiger partial charge is 0.454 e. The highest BCUT2D eigenvalue weighted by atomic mass is 32.1. The van der Waals surface area contributed by atoms with Crippen molar-refractivity contribution in [1.29, 1.82) is 0 Å². The minimum atomic E-state index is -0.507. The average molecular weight is 409 g/mol. The van der Waals surface area contributed by atoms with Crippen LogP contribution in [0.1, 0.15) is 10.4 Å². The summed E-state index contributed by atoms with van der Waals surface area (Å²) < 4.78 is 32.7. The van der Waals surface area contributed by atoms with Crippen LogP contribution in [-0.4, -0.2) is 16.1 Å². The molecule has 0 saturated carbocycles. The number of carbonyl (C=O) groups excluding carboxylic acids is 1. The van der Waals surface area contributed by atoms with E-state index in [1.54, 1.807) is 30.3 Å². The Balaban J connectivity index is 1.52. The Morgan fingerprint density at radius 3 is 2.45 bits per heavy atom. The first-order valence-corrected chi connectivity index (χ1v) is 9.33. The molecule has 0 aliphatic rings. The molecule has 0 spiro atoms. The van der Waals surface area contributed by atoms with Crippen molar-refractivity contribution in [3.63, 3.8) is 0 Å². The highest BCUT2D eigenvalue weighted by molar-refractivity contribution is 7.18. The molecule has 0 aliphatic heterocycles. The quantitative estimate of drug-likeness (QED) is 0.471. The first kappa shape index (κ1) is 18.7. The van der Waals surface area contributed by atoms with Crippen molar-refractivity contribution in [2.75, 3.05) is 5.32 Å². The van der Waals surface area contributed by atoms with Crippen molar-refractivity contribution in [2.24, 2.45) is 0 Å². The fraction of sp³-hybridized carbons (Fsp3) is 0. The van der Waals surface area contributed by atoms with Crippen LogP contribution in [0.25, 0.3) is 10.6 Å². The van der Waals surface area contributed by atoms with Gasteiger partial charge in [-0.1, -0.05) is 29.5 Å². The molecule has 3 aromatic carbocycles. The Morgan fingerprint density at radius 2 is 1.69 bits per heavy atom. The highest BCUT2D eigenvalue weighted by Gasteiger charge is 2.14. The van der Waals surface area contributed by atoms with Crippen LogP contribution in [0.15, 0.2) is 72.8 Å². The Kier molecular flexibility index (Phi) is 5.26. The van der Waals surface area contributed by atoms with Crippen LogP contribution in [0.3, 0.4) is 0 Å². The Hall–Kier alpha value is -3.65. The number of hydrogen-bond acceptors (Lipinski definition) is 5. The third-order valence-corrected chi connectivity index (χ3v) is 4.79. The number of rotatable bonds is 5. The minimum absolute atomic E-state index is 0.0563. The van der Waals surface area contributed by atoms with E-state index < -0.39 is 17.5 Å². The SMILES string of the molecule is O=C(Nc1nnc(-c2ccc(F)c(Oc3ccccc3)c2)s1)c1ccc(F)cc1. The fourth-order valence-electron chi connectivity index (χ4n) is 2.49. The van der Waals surface area contributed by atoms with E-state index in [1.807, 2.05) is 6.07 Å². The molecule has 4 aromatic rings. The standard InChI is InChI=1S/C21H13F2N3O2S/c22-15-9-6-13(7-10-15)19(27)24-21-26-25-20(29-21)14-8-11-17(23)18(12-14)28-16-4-2-1-3-5-16/h1-12H,(H,24,26,27). The molecular weight excluding hydrogens is 396 g/mol. The lowest BCUT2D eigenvalue weighted by molar-refractivity contribution is 0.102. The third-order valence-electron chi connectivity index (χ3n) is 3.90. The maximum Gasteiger partial charge on any atom is 0.257 e. The van der Waals surface area contributed by atoms with E-state index in [4.69, 9.17) is 4.74 Å². The van der Waals surface area contributed by atoms with Gasteiger partial charge in [-0.25, -0.2) is 8.78 Å². The molecule has 0 unspecified atom stereocenters. The summed E-state index contributed by atoms with van der Waals surface area (Å²) in [6, 6.07) is 18.4. The molecule has 1 amide bonds. The minimum Gasteiger partial charge on any atom is -0.454 e. The van der Waals surface area contributed by atoms with Crippen molar-refractivity contribution < 1.29 is 18.3 Å². The van der Waals surface area contributed by atoms with Crippen LogP contribution in [0.5, 0.6) is 11.5 Å². The van der Waals surface area contributed by atoms with E-state index in [2.05, 4.69) is 15.5 Å². The van der Waals surface area contributed by atoms with Gasteiger partial charge in [0.1, 0.15) is 16.6 Å². The molecule has 29 heavy (non-hydrogen) atoms. The molecule has 0 aliphatic carbocycles. The van der Waals surface area contributed by atoms with Crippen molar-refractivity contribution in [1.82, 2.24) is 10.2 Å². The molecule has 8 heteroatoms. The van der Waals surface area contributed by atoms with Crippen LogP contribution >= 0.6 is 11.3 Å². The lowest BCUT2D eigenvalue weighted by Crippen LogP contribution is -2.11.